The minimum Gasteiger partial charge on any atom is -0.354 e. The number of para-hydroxylation sites is 1. The lowest BCUT2D eigenvalue weighted by Gasteiger charge is -2.06. The van der Waals surface area contributed by atoms with E-state index in [1.807, 2.05) is 24.3 Å². The molecule has 0 aliphatic rings. The minimum atomic E-state index is 0.575. The fraction of sp³-hybridized carbons (Fsp3) is 0.222. The van der Waals surface area contributed by atoms with E-state index in [2.05, 4.69) is 23.2 Å². The van der Waals surface area contributed by atoms with E-state index in [1.165, 1.54) is 10.9 Å². The summed E-state index contributed by atoms with van der Waals surface area (Å²) in [5, 5.41) is 2.41. The second-order valence-corrected chi connectivity index (χ2v) is 6.21. The Bertz CT molecular complexity index is 793. The van der Waals surface area contributed by atoms with Gasteiger partial charge in [0.15, 0.2) is 0 Å². The number of benzene rings is 2. The number of nitrogens with one attached hydrogen (secondary N) is 1. The minimum absolute atomic E-state index is 0.575. The van der Waals surface area contributed by atoms with Gasteiger partial charge in [-0.25, -0.2) is 0 Å². The lowest BCUT2D eigenvalue weighted by molar-refractivity contribution is 0.748. The quantitative estimate of drug-likeness (QED) is 0.601. The maximum absolute atomic E-state index is 6.18. The van der Waals surface area contributed by atoms with Crippen molar-refractivity contribution in [2.45, 2.75) is 19.3 Å². The van der Waals surface area contributed by atoms with Crippen LogP contribution in [0.4, 0.5) is 0 Å². The summed E-state index contributed by atoms with van der Waals surface area (Å²) in [6.07, 6.45) is 3.10. The second kappa shape index (κ2) is 6.74. The van der Waals surface area contributed by atoms with Crippen LogP contribution in [0.5, 0.6) is 0 Å². The summed E-state index contributed by atoms with van der Waals surface area (Å²) in [4.78, 5) is 3.52. The van der Waals surface area contributed by atoms with Crippen molar-refractivity contribution in [3.63, 3.8) is 0 Å². The second-order valence-electron chi connectivity index (χ2n) is 5.40. The number of nitrogens with two attached hydrogens (primary N) is 1. The molecule has 2 aromatic carbocycles. The monoisotopic (exact) mass is 332 g/mol. The van der Waals surface area contributed by atoms with E-state index in [-0.39, 0.29) is 0 Å². The Morgan fingerprint density at radius 2 is 1.77 bits per heavy atom. The van der Waals surface area contributed by atoms with Crippen LogP contribution in [0.25, 0.3) is 22.2 Å². The first-order chi connectivity index (χ1) is 10.7. The smallest absolute Gasteiger partial charge is 0.0599 e. The van der Waals surface area contributed by atoms with Gasteiger partial charge in [0.2, 0.25) is 0 Å². The number of unbranched alkanes of at least 4 members (excludes halogenated alkanes) is 1. The summed E-state index contributed by atoms with van der Waals surface area (Å²) in [6.45, 7) is 0.727. The molecule has 0 fully saturated rings. The third-order valence-corrected chi connectivity index (χ3v) is 4.64. The van der Waals surface area contributed by atoms with Gasteiger partial charge in [-0.05, 0) is 55.1 Å². The molecular weight excluding hydrogens is 315 g/mol. The number of aromatic nitrogens is 1. The number of aryl methyl sites for hydroxylation is 1. The fourth-order valence-electron chi connectivity index (χ4n) is 2.80. The van der Waals surface area contributed by atoms with Crippen molar-refractivity contribution < 1.29 is 0 Å². The van der Waals surface area contributed by atoms with E-state index >= 15 is 0 Å². The van der Waals surface area contributed by atoms with Crippen molar-refractivity contribution >= 4 is 34.1 Å². The third kappa shape index (κ3) is 3.00. The molecule has 1 heterocycles. The van der Waals surface area contributed by atoms with Crippen molar-refractivity contribution in [3.05, 3.63) is 58.1 Å². The lowest BCUT2D eigenvalue weighted by atomic mass is 10.0. The highest BCUT2D eigenvalue weighted by Crippen LogP contribution is 2.34. The van der Waals surface area contributed by atoms with Gasteiger partial charge >= 0.3 is 0 Å². The Labute approximate surface area is 140 Å². The number of fused-ring (bicyclic) bond motifs is 1. The molecule has 2 nitrogen and oxygen atoms in total. The van der Waals surface area contributed by atoms with Crippen LogP contribution in [0.2, 0.25) is 10.0 Å². The van der Waals surface area contributed by atoms with Crippen molar-refractivity contribution in [2.24, 2.45) is 5.73 Å². The Balaban J connectivity index is 2.10. The molecule has 0 saturated heterocycles. The Morgan fingerprint density at radius 1 is 0.955 bits per heavy atom. The third-order valence-electron chi connectivity index (χ3n) is 3.90. The van der Waals surface area contributed by atoms with Crippen LogP contribution in [0, 0.1) is 0 Å². The molecule has 0 spiro atoms. The molecule has 3 rings (SSSR count). The van der Waals surface area contributed by atoms with E-state index in [0.717, 1.165) is 42.6 Å². The normalized spacial score (nSPS) is 11.2. The predicted molar refractivity (Wildman–Crippen MR) is 95.7 cm³/mol. The van der Waals surface area contributed by atoms with E-state index in [1.54, 1.807) is 0 Å². The summed E-state index contributed by atoms with van der Waals surface area (Å²) in [5.41, 5.74) is 10.3. The molecule has 22 heavy (non-hydrogen) atoms. The zero-order chi connectivity index (χ0) is 15.5. The van der Waals surface area contributed by atoms with Gasteiger partial charge in [-0.2, -0.15) is 0 Å². The van der Waals surface area contributed by atoms with Gasteiger partial charge in [-0.3, -0.25) is 0 Å². The van der Waals surface area contributed by atoms with Crippen LogP contribution in [0.3, 0.4) is 0 Å². The molecule has 114 valence electrons. The highest BCUT2D eigenvalue weighted by atomic mass is 35.5. The number of halogens is 2. The number of hydrogen-bond donors (Lipinski definition) is 2. The van der Waals surface area contributed by atoms with Gasteiger partial charge in [0.1, 0.15) is 0 Å². The fourth-order valence-corrected chi connectivity index (χ4v) is 3.10. The predicted octanol–water partition coefficient (Wildman–Crippen LogP) is 5.42. The maximum Gasteiger partial charge on any atom is 0.0599 e. The van der Waals surface area contributed by atoms with E-state index < -0.39 is 0 Å². The van der Waals surface area contributed by atoms with Gasteiger partial charge in [0.25, 0.3) is 0 Å². The molecule has 0 saturated carbocycles. The Hall–Kier alpha value is -1.48. The molecule has 0 bridgehead atoms. The summed E-state index contributed by atoms with van der Waals surface area (Å²) >= 11 is 12.2. The van der Waals surface area contributed by atoms with E-state index in [0.29, 0.717) is 10.0 Å². The van der Waals surface area contributed by atoms with Gasteiger partial charge < -0.3 is 10.7 Å². The van der Waals surface area contributed by atoms with Crippen molar-refractivity contribution in [1.82, 2.24) is 4.98 Å². The number of rotatable bonds is 5. The van der Waals surface area contributed by atoms with Crippen LogP contribution in [-0.2, 0) is 6.42 Å². The SMILES string of the molecule is NCCCCc1c(-c2ccc(Cl)c(Cl)c2)[nH]c2ccccc12. The van der Waals surface area contributed by atoms with Crippen LogP contribution >= 0.6 is 23.2 Å². The molecule has 0 atom stereocenters. The Kier molecular flexibility index (Phi) is 4.72. The van der Waals surface area contributed by atoms with Crippen LogP contribution in [0.1, 0.15) is 18.4 Å². The maximum atomic E-state index is 6.18. The van der Waals surface area contributed by atoms with E-state index in [4.69, 9.17) is 28.9 Å². The van der Waals surface area contributed by atoms with Crippen LogP contribution < -0.4 is 5.73 Å². The molecule has 4 heteroatoms. The first-order valence-electron chi connectivity index (χ1n) is 7.46. The zero-order valence-corrected chi connectivity index (χ0v) is 13.7. The molecule has 3 N–H and O–H groups in total. The lowest BCUT2D eigenvalue weighted by Crippen LogP contribution is -1.99. The van der Waals surface area contributed by atoms with Crippen LogP contribution in [0.15, 0.2) is 42.5 Å². The van der Waals surface area contributed by atoms with Crippen molar-refractivity contribution in [2.75, 3.05) is 6.54 Å². The largest absolute Gasteiger partial charge is 0.354 e. The van der Waals surface area contributed by atoms with Gasteiger partial charge in [0.05, 0.1) is 10.0 Å². The van der Waals surface area contributed by atoms with Gasteiger partial charge in [-0.1, -0.05) is 47.5 Å². The topological polar surface area (TPSA) is 41.8 Å². The molecule has 0 radical (unpaired) electrons. The first-order valence-corrected chi connectivity index (χ1v) is 8.21. The number of hydrogen-bond acceptors (Lipinski definition) is 1. The van der Waals surface area contributed by atoms with Crippen LogP contribution in [-0.4, -0.2) is 11.5 Å². The highest BCUT2D eigenvalue weighted by molar-refractivity contribution is 6.42. The summed E-state index contributed by atoms with van der Waals surface area (Å²) in [5.74, 6) is 0. The Morgan fingerprint density at radius 3 is 2.55 bits per heavy atom. The van der Waals surface area contributed by atoms with Crippen molar-refractivity contribution in [3.8, 4) is 11.3 Å². The number of H-pyrrole nitrogens is 1. The molecule has 0 unspecified atom stereocenters. The molecular formula is C18H18Cl2N2. The number of aromatic amines is 1. The average Bonchev–Trinajstić information content (AvgIpc) is 2.89. The van der Waals surface area contributed by atoms with Gasteiger partial charge in [-0.15, -0.1) is 0 Å². The van der Waals surface area contributed by atoms with Crippen molar-refractivity contribution in [1.29, 1.82) is 0 Å². The molecule has 0 amide bonds. The zero-order valence-electron chi connectivity index (χ0n) is 12.2. The summed E-state index contributed by atoms with van der Waals surface area (Å²) in [6, 6.07) is 14.1. The van der Waals surface area contributed by atoms with E-state index in [9.17, 15) is 0 Å². The molecule has 0 aliphatic carbocycles. The first kappa shape index (κ1) is 15.4. The summed E-state index contributed by atoms with van der Waals surface area (Å²) < 4.78 is 0. The standard InChI is InChI=1S/C18H18Cl2N2/c19-15-9-8-12(11-16(15)20)18-14(6-3-4-10-21)13-5-1-2-7-17(13)22-18/h1-2,5,7-9,11,22H,3-4,6,10,21H2. The molecule has 1 aromatic heterocycles. The highest BCUT2D eigenvalue weighted by Gasteiger charge is 2.13. The molecule has 0 aliphatic heterocycles. The molecule has 3 aromatic rings. The average molecular weight is 333 g/mol. The summed E-state index contributed by atoms with van der Waals surface area (Å²) in [7, 11) is 0. The van der Waals surface area contributed by atoms with Gasteiger partial charge in [0, 0.05) is 16.6 Å².